The Morgan fingerprint density at radius 2 is 2.17 bits per heavy atom. The van der Waals surface area contributed by atoms with Crippen molar-refractivity contribution in [2.75, 3.05) is 11.9 Å². The van der Waals surface area contributed by atoms with Crippen LogP contribution >= 0.6 is 0 Å². The average Bonchev–Trinajstić information content (AvgIpc) is 2.95. The van der Waals surface area contributed by atoms with Gasteiger partial charge in [-0.05, 0) is 32.8 Å². The molecule has 0 saturated carbocycles. The molecule has 0 fully saturated rings. The summed E-state index contributed by atoms with van der Waals surface area (Å²) in [5.41, 5.74) is 4.55. The molecule has 1 N–H and O–H groups in total. The van der Waals surface area contributed by atoms with Gasteiger partial charge in [-0.3, -0.25) is 4.79 Å². The summed E-state index contributed by atoms with van der Waals surface area (Å²) in [5.74, 6) is 1.48. The van der Waals surface area contributed by atoms with Crippen LogP contribution in [-0.4, -0.2) is 17.5 Å². The Morgan fingerprint density at radius 3 is 3.00 bits per heavy atom. The van der Waals surface area contributed by atoms with Gasteiger partial charge >= 0.3 is 0 Å². The molecule has 0 spiro atoms. The summed E-state index contributed by atoms with van der Waals surface area (Å²) in [5, 5.41) is 7.41. The number of fused-ring (bicyclic) bond motifs is 1. The third kappa shape index (κ3) is 2.23. The van der Waals surface area contributed by atoms with Crippen molar-refractivity contribution in [1.82, 2.24) is 5.16 Å². The van der Waals surface area contributed by atoms with Gasteiger partial charge in [0.05, 0.1) is 23.8 Å². The van der Waals surface area contributed by atoms with E-state index in [4.69, 9.17) is 9.26 Å². The number of Topliss-reactive ketones (excluding diaryl/α,β-unsaturated/α-hetero) is 1. The lowest BCUT2D eigenvalue weighted by atomic mass is 9.76. The molecule has 124 valence electrons. The predicted molar refractivity (Wildman–Crippen MR) is 90.2 cm³/mol. The van der Waals surface area contributed by atoms with Crippen LogP contribution < -0.4 is 10.1 Å². The number of hydrogen-bond donors (Lipinski definition) is 1. The first-order chi connectivity index (χ1) is 11.7. The molecule has 5 heteroatoms. The highest BCUT2D eigenvalue weighted by molar-refractivity contribution is 6.01. The molecule has 0 bridgehead atoms. The van der Waals surface area contributed by atoms with Gasteiger partial charge < -0.3 is 14.6 Å². The Balaban J connectivity index is 1.95. The Bertz CT molecular complexity index is 835. The number of carbonyl (C=O) groups excluding carboxylic acids is 1. The van der Waals surface area contributed by atoms with Gasteiger partial charge in [-0.25, -0.2) is 0 Å². The molecule has 0 radical (unpaired) electrons. The number of anilines is 1. The second-order valence-electron chi connectivity index (χ2n) is 6.21. The molecule has 0 amide bonds. The standard InChI is InChI=1S/C19H20N2O3/c1-3-23-15-10-5-4-7-12(15)17-16-11(2)21-24-19(16)20-13-8-6-9-14(22)18(13)17/h4-5,7,10,17,20H,3,6,8-9H2,1-2H3. The van der Waals surface area contributed by atoms with Gasteiger partial charge in [-0.1, -0.05) is 23.4 Å². The maximum atomic E-state index is 12.7. The van der Waals surface area contributed by atoms with Crippen molar-refractivity contribution < 1.29 is 14.1 Å². The fraction of sp³-hybridized carbons (Fsp3) is 0.368. The fourth-order valence-corrected chi connectivity index (χ4v) is 3.73. The van der Waals surface area contributed by atoms with Gasteiger partial charge in [0, 0.05) is 23.3 Å². The summed E-state index contributed by atoms with van der Waals surface area (Å²) in [6, 6.07) is 7.92. The number of benzene rings is 1. The van der Waals surface area contributed by atoms with E-state index >= 15 is 0 Å². The molecule has 1 atom stereocenters. The molecule has 4 rings (SSSR count). The molecule has 0 saturated heterocycles. The van der Waals surface area contributed by atoms with Crippen molar-refractivity contribution in [3.63, 3.8) is 0 Å². The van der Waals surface area contributed by atoms with E-state index in [1.54, 1.807) is 0 Å². The lowest BCUT2D eigenvalue weighted by Crippen LogP contribution is -2.26. The van der Waals surface area contributed by atoms with Crippen molar-refractivity contribution >= 4 is 11.7 Å². The van der Waals surface area contributed by atoms with E-state index in [0.717, 1.165) is 46.7 Å². The van der Waals surface area contributed by atoms with Crippen LogP contribution in [0, 0.1) is 6.92 Å². The lowest BCUT2D eigenvalue weighted by Gasteiger charge is -2.31. The first-order valence-electron chi connectivity index (χ1n) is 8.41. The van der Waals surface area contributed by atoms with Crippen LogP contribution in [0.15, 0.2) is 40.1 Å². The van der Waals surface area contributed by atoms with Crippen LogP contribution in [0.2, 0.25) is 0 Å². The zero-order valence-electron chi connectivity index (χ0n) is 13.9. The molecule has 5 nitrogen and oxygen atoms in total. The van der Waals surface area contributed by atoms with Crippen LogP contribution in [0.4, 0.5) is 5.88 Å². The SMILES string of the molecule is CCOc1ccccc1C1C2=C(CCCC2=O)Nc2onc(C)c21. The highest BCUT2D eigenvalue weighted by atomic mass is 16.5. The molecule has 1 aliphatic carbocycles. The van der Waals surface area contributed by atoms with E-state index in [0.29, 0.717) is 18.9 Å². The summed E-state index contributed by atoms with van der Waals surface area (Å²) >= 11 is 0. The molecule has 1 aromatic heterocycles. The van der Waals surface area contributed by atoms with Gasteiger partial charge in [0.1, 0.15) is 5.75 Å². The summed E-state index contributed by atoms with van der Waals surface area (Å²) in [6.07, 6.45) is 2.31. The smallest absolute Gasteiger partial charge is 0.233 e. The van der Waals surface area contributed by atoms with Crippen molar-refractivity contribution in [1.29, 1.82) is 0 Å². The van der Waals surface area contributed by atoms with E-state index in [2.05, 4.69) is 10.5 Å². The van der Waals surface area contributed by atoms with Gasteiger partial charge in [-0.15, -0.1) is 0 Å². The predicted octanol–water partition coefficient (Wildman–Crippen LogP) is 3.95. The summed E-state index contributed by atoms with van der Waals surface area (Å²) < 4.78 is 11.3. The summed E-state index contributed by atoms with van der Waals surface area (Å²) in [4.78, 5) is 12.7. The van der Waals surface area contributed by atoms with Crippen molar-refractivity contribution in [2.45, 2.75) is 39.0 Å². The normalized spacial score (nSPS) is 19.6. The van der Waals surface area contributed by atoms with Crippen molar-refractivity contribution in [2.24, 2.45) is 0 Å². The molecular weight excluding hydrogens is 304 g/mol. The largest absolute Gasteiger partial charge is 0.494 e. The molecule has 2 aliphatic rings. The Labute approximate surface area is 140 Å². The zero-order valence-corrected chi connectivity index (χ0v) is 13.9. The van der Waals surface area contributed by atoms with Crippen LogP contribution in [0.3, 0.4) is 0 Å². The van der Waals surface area contributed by atoms with Gasteiger partial charge in [-0.2, -0.15) is 0 Å². The molecule has 1 aromatic carbocycles. The molecule has 2 aromatic rings. The Morgan fingerprint density at radius 1 is 1.33 bits per heavy atom. The quantitative estimate of drug-likeness (QED) is 0.926. The fourth-order valence-electron chi connectivity index (χ4n) is 3.73. The second kappa shape index (κ2) is 5.82. The third-order valence-electron chi connectivity index (χ3n) is 4.74. The molecular formula is C19H20N2O3. The maximum Gasteiger partial charge on any atom is 0.233 e. The third-order valence-corrected chi connectivity index (χ3v) is 4.74. The van der Waals surface area contributed by atoms with Crippen LogP contribution in [0.1, 0.15) is 48.9 Å². The van der Waals surface area contributed by atoms with Crippen LogP contribution in [0.5, 0.6) is 5.75 Å². The van der Waals surface area contributed by atoms with E-state index < -0.39 is 0 Å². The van der Waals surface area contributed by atoms with E-state index in [9.17, 15) is 4.79 Å². The molecule has 1 aliphatic heterocycles. The Kier molecular flexibility index (Phi) is 3.63. The van der Waals surface area contributed by atoms with Crippen molar-refractivity contribution in [3.8, 4) is 5.75 Å². The monoisotopic (exact) mass is 324 g/mol. The minimum atomic E-state index is -0.182. The highest BCUT2D eigenvalue weighted by Gasteiger charge is 2.39. The van der Waals surface area contributed by atoms with E-state index in [1.807, 2.05) is 38.1 Å². The molecule has 2 heterocycles. The summed E-state index contributed by atoms with van der Waals surface area (Å²) in [7, 11) is 0. The summed E-state index contributed by atoms with van der Waals surface area (Å²) in [6.45, 7) is 4.46. The number of nitrogens with zero attached hydrogens (tertiary/aromatic N) is 1. The van der Waals surface area contributed by atoms with Gasteiger partial charge in [0.2, 0.25) is 5.88 Å². The second-order valence-corrected chi connectivity index (χ2v) is 6.21. The maximum absolute atomic E-state index is 12.7. The number of ether oxygens (including phenoxy) is 1. The number of nitrogens with one attached hydrogen (secondary N) is 1. The highest BCUT2D eigenvalue weighted by Crippen LogP contribution is 2.48. The zero-order chi connectivity index (χ0) is 16.7. The number of carbonyl (C=O) groups is 1. The lowest BCUT2D eigenvalue weighted by molar-refractivity contribution is -0.116. The molecule has 24 heavy (non-hydrogen) atoms. The van der Waals surface area contributed by atoms with Crippen molar-refractivity contribution in [3.05, 3.63) is 52.4 Å². The first kappa shape index (κ1) is 15.0. The number of para-hydroxylation sites is 1. The van der Waals surface area contributed by atoms with Crippen LogP contribution in [0.25, 0.3) is 0 Å². The van der Waals surface area contributed by atoms with Gasteiger partial charge in [0.25, 0.3) is 0 Å². The van der Waals surface area contributed by atoms with E-state index in [-0.39, 0.29) is 11.7 Å². The van der Waals surface area contributed by atoms with E-state index in [1.165, 1.54) is 0 Å². The minimum Gasteiger partial charge on any atom is -0.494 e. The average molecular weight is 324 g/mol. The number of aryl methyl sites for hydroxylation is 1. The molecule has 1 unspecified atom stereocenters. The Hall–Kier alpha value is -2.56. The number of aromatic nitrogens is 1. The number of rotatable bonds is 3. The first-order valence-corrected chi connectivity index (χ1v) is 8.41. The minimum absolute atomic E-state index is 0.182. The number of hydrogen-bond acceptors (Lipinski definition) is 5. The number of ketones is 1. The van der Waals surface area contributed by atoms with Crippen LogP contribution in [-0.2, 0) is 4.79 Å². The topological polar surface area (TPSA) is 64.4 Å². The van der Waals surface area contributed by atoms with Gasteiger partial charge in [0.15, 0.2) is 5.78 Å². The number of allylic oxidation sites excluding steroid dienone is 2.